The summed E-state index contributed by atoms with van der Waals surface area (Å²) in [5.41, 5.74) is 0.914. The summed E-state index contributed by atoms with van der Waals surface area (Å²) in [6, 6.07) is -0.891. The topological polar surface area (TPSA) is 123 Å². The summed E-state index contributed by atoms with van der Waals surface area (Å²) < 4.78 is 0. The van der Waals surface area contributed by atoms with Crippen molar-refractivity contribution in [3.63, 3.8) is 0 Å². The van der Waals surface area contributed by atoms with E-state index >= 15 is 0 Å². The smallest absolute Gasteiger partial charge is 0.373 e. The first-order valence-corrected chi connectivity index (χ1v) is 10.8. The number of carbonyl (C=O) groups is 3. The average molecular weight is 427 g/mol. The predicted octanol–water partition coefficient (Wildman–Crippen LogP) is 0.579. The molecule has 0 aliphatic carbocycles. The van der Waals surface area contributed by atoms with Gasteiger partial charge in [-0.1, -0.05) is 24.8 Å². The quantitative estimate of drug-likeness (QED) is 0.156. The molecule has 1 atom stereocenters. The first kappa shape index (κ1) is 27.2. The van der Waals surface area contributed by atoms with Gasteiger partial charge >= 0.3 is 7.05 Å². The van der Waals surface area contributed by atoms with Crippen molar-refractivity contribution in [2.75, 3.05) is 26.4 Å². The van der Waals surface area contributed by atoms with Crippen molar-refractivity contribution in [3.8, 4) is 0 Å². The van der Waals surface area contributed by atoms with E-state index < -0.39 is 19.0 Å². The maximum Gasteiger partial charge on any atom is 0.373 e. The Labute approximate surface area is 178 Å². The molecule has 0 aliphatic heterocycles. The molecule has 3 amide bonds. The van der Waals surface area contributed by atoms with Crippen molar-refractivity contribution in [3.05, 3.63) is 12.3 Å². The molecule has 0 saturated heterocycles. The second kappa shape index (κ2) is 15.1. The molecule has 0 aromatic carbocycles. The van der Waals surface area contributed by atoms with Crippen LogP contribution in [0.3, 0.4) is 0 Å². The molecule has 0 saturated carbocycles. The fraction of sp³-hybridized carbons (Fsp3) is 0.667. The highest BCUT2D eigenvalue weighted by Crippen LogP contribution is 2.08. The molecular weight excluding hydrogens is 393 g/mol. The van der Waals surface area contributed by atoms with Crippen molar-refractivity contribution in [2.24, 2.45) is 4.99 Å². The van der Waals surface area contributed by atoms with Gasteiger partial charge in [-0.3, -0.25) is 14.4 Å². The zero-order valence-corrected chi connectivity index (χ0v) is 18.9. The third-order valence-corrected chi connectivity index (χ3v) is 4.51. The molecule has 0 aromatic heterocycles. The number of nitrogens with one attached hydrogen (secondary N) is 3. The summed E-state index contributed by atoms with van der Waals surface area (Å²) in [6.45, 7) is 9.38. The van der Waals surface area contributed by atoms with Gasteiger partial charge in [0.25, 0.3) is 5.91 Å². The van der Waals surface area contributed by atoms with Gasteiger partial charge in [-0.25, -0.2) is 0 Å². The van der Waals surface area contributed by atoms with Gasteiger partial charge in [0.15, 0.2) is 5.17 Å². The number of thioether (sulfide) groups is 1. The number of aliphatic imine (C=N–C) groups is 1. The number of carbonyl (C=O) groups excluding carboxylic acids is 3. The number of hydrogen-bond donors (Lipinski definition) is 4. The summed E-state index contributed by atoms with van der Waals surface area (Å²) in [6.07, 6.45) is 4.50. The molecule has 0 aromatic rings. The van der Waals surface area contributed by atoms with E-state index in [0.717, 1.165) is 36.8 Å². The van der Waals surface area contributed by atoms with E-state index in [9.17, 15) is 19.4 Å². The molecule has 0 aliphatic rings. The number of nitrogens with zero attached hydrogens (tertiary/aromatic N) is 2. The van der Waals surface area contributed by atoms with Gasteiger partial charge in [0.2, 0.25) is 11.8 Å². The van der Waals surface area contributed by atoms with Crippen LogP contribution in [0.2, 0.25) is 6.82 Å². The van der Waals surface area contributed by atoms with Crippen LogP contribution in [0.25, 0.3) is 0 Å². The van der Waals surface area contributed by atoms with Crippen molar-refractivity contribution in [1.29, 1.82) is 0 Å². The van der Waals surface area contributed by atoms with Gasteiger partial charge in [-0.15, -0.1) is 0 Å². The van der Waals surface area contributed by atoms with Gasteiger partial charge in [0.05, 0.1) is 0 Å². The molecule has 11 heteroatoms. The number of unbranched alkanes of at least 4 members (excludes halogenated alkanes) is 2. The highest BCUT2D eigenvalue weighted by molar-refractivity contribution is 8.13. The van der Waals surface area contributed by atoms with E-state index in [2.05, 4.69) is 27.4 Å². The molecule has 0 fully saturated rings. The number of likely N-dealkylation sites (N-methyl/N-ethyl adjacent to an activating group) is 1. The molecule has 0 radical (unpaired) electrons. The maximum absolute atomic E-state index is 12.6. The summed E-state index contributed by atoms with van der Waals surface area (Å²) in [5, 5.41) is 18.0. The van der Waals surface area contributed by atoms with E-state index in [1.807, 2.05) is 6.92 Å². The van der Waals surface area contributed by atoms with Crippen LogP contribution in [0, 0.1) is 0 Å². The van der Waals surface area contributed by atoms with Crippen LogP contribution in [-0.2, 0) is 14.4 Å². The van der Waals surface area contributed by atoms with Gasteiger partial charge in [0, 0.05) is 39.2 Å². The Bertz CT molecular complexity index is 601. The standard InChI is InChI=1S/C18H34BN5O4S/c1-13(2)20-11-9-7-8-10-16(26)24(5)15(12-21-19(4)28)17(27)23-18(29-6)22-14(3)25/h15,20-21,28H,1,7-12H2,2-6H3,(H,22,23,25,27). The minimum Gasteiger partial charge on any atom is -0.437 e. The molecule has 29 heavy (non-hydrogen) atoms. The monoisotopic (exact) mass is 427 g/mol. The van der Waals surface area contributed by atoms with Gasteiger partial charge in [0.1, 0.15) is 6.04 Å². The van der Waals surface area contributed by atoms with Crippen molar-refractivity contribution >= 4 is 41.7 Å². The predicted molar refractivity (Wildman–Crippen MR) is 119 cm³/mol. The second-order valence-corrected chi connectivity index (χ2v) is 7.56. The minimum absolute atomic E-state index is 0.0481. The van der Waals surface area contributed by atoms with Crippen LogP contribution in [0.1, 0.15) is 39.5 Å². The molecule has 0 heterocycles. The van der Waals surface area contributed by atoms with Gasteiger partial charge < -0.3 is 25.8 Å². The Kier molecular flexibility index (Phi) is 14.1. The number of amides is 3. The lowest BCUT2D eigenvalue weighted by Gasteiger charge is -2.26. The van der Waals surface area contributed by atoms with E-state index in [1.54, 1.807) is 13.3 Å². The van der Waals surface area contributed by atoms with Crippen LogP contribution < -0.4 is 15.9 Å². The normalized spacial score (nSPS) is 12.1. The Morgan fingerprint density at radius 1 is 1.24 bits per heavy atom. The Morgan fingerprint density at radius 3 is 2.41 bits per heavy atom. The van der Waals surface area contributed by atoms with E-state index in [1.165, 1.54) is 18.6 Å². The third kappa shape index (κ3) is 13.1. The lowest BCUT2D eigenvalue weighted by molar-refractivity contribution is -0.137. The third-order valence-electron chi connectivity index (χ3n) is 3.93. The Balaban J connectivity index is 4.92. The fourth-order valence-electron chi connectivity index (χ4n) is 2.35. The molecule has 9 nitrogen and oxygen atoms in total. The molecular formula is C18H34BN5O4S. The Hall–Kier alpha value is -1.85. The number of amidine groups is 1. The highest BCUT2D eigenvalue weighted by atomic mass is 32.2. The van der Waals surface area contributed by atoms with Crippen molar-refractivity contribution in [1.82, 2.24) is 20.8 Å². The van der Waals surface area contributed by atoms with E-state index in [0.29, 0.717) is 12.8 Å². The lowest BCUT2D eigenvalue weighted by Crippen LogP contribution is -2.50. The number of rotatable bonds is 12. The summed E-state index contributed by atoms with van der Waals surface area (Å²) in [4.78, 5) is 41.7. The van der Waals surface area contributed by atoms with E-state index in [4.69, 9.17) is 0 Å². The Morgan fingerprint density at radius 2 is 1.90 bits per heavy atom. The van der Waals surface area contributed by atoms with Gasteiger partial charge in [-0.05, 0) is 32.8 Å². The van der Waals surface area contributed by atoms with E-state index in [-0.39, 0.29) is 23.5 Å². The lowest BCUT2D eigenvalue weighted by atomic mass is 9.88. The van der Waals surface area contributed by atoms with Crippen molar-refractivity contribution in [2.45, 2.75) is 52.4 Å². The molecule has 0 rings (SSSR count). The van der Waals surface area contributed by atoms with Crippen LogP contribution in [0.5, 0.6) is 0 Å². The zero-order valence-electron chi connectivity index (χ0n) is 18.1. The van der Waals surface area contributed by atoms with Crippen LogP contribution >= 0.6 is 11.8 Å². The largest absolute Gasteiger partial charge is 0.437 e. The molecule has 1 unspecified atom stereocenters. The molecule has 164 valence electrons. The van der Waals surface area contributed by atoms with Gasteiger partial charge in [-0.2, -0.15) is 4.99 Å². The maximum atomic E-state index is 12.6. The zero-order chi connectivity index (χ0) is 22.4. The minimum atomic E-state index is -0.891. The molecule has 4 N–H and O–H groups in total. The average Bonchev–Trinajstić information content (AvgIpc) is 2.62. The summed E-state index contributed by atoms with van der Waals surface area (Å²) in [7, 11) is 0.707. The first-order chi connectivity index (χ1) is 13.6. The molecule has 0 spiro atoms. The fourth-order valence-corrected chi connectivity index (χ4v) is 2.78. The SMILES string of the molecule is C=C(C)NCCCCCC(=O)N(C)C(CNB(C)O)C(=O)N=C(NC(C)=O)SC. The summed E-state index contributed by atoms with van der Waals surface area (Å²) >= 11 is 1.12. The molecule has 0 bridgehead atoms. The second-order valence-electron chi connectivity index (χ2n) is 6.76. The van der Waals surface area contributed by atoms with Crippen molar-refractivity contribution < 1.29 is 19.4 Å². The van der Waals surface area contributed by atoms with Crippen LogP contribution in [-0.4, -0.2) is 72.3 Å². The summed E-state index contributed by atoms with van der Waals surface area (Å²) in [5.74, 6) is -1.09. The van der Waals surface area contributed by atoms with Crippen LogP contribution in [0.15, 0.2) is 17.3 Å². The number of allylic oxidation sites excluding steroid dienone is 1. The van der Waals surface area contributed by atoms with Crippen LogP contribution in [0.4, 0.5) is 0 Å². The number of hydrogen-bond acceptors (Lipinski definition) is 7. The first-order valence-electron chi connectivity index (χ1n) is 9.59. The highest BCUT2D eigenvalue weighted by Gasteiger charge is 2.27.